The molecule has 0 aromatic carbocycles. The molecule has 0 aromatic heterocycles. The van der Waals surface area contributed by atoms with Gasteiger partial charge in [0.1, 0.15) is 11.6 Å². The first-order chi connectivity index (χ1) is 7.20. The number of likely N-dealkylation sites (tertiary alicyclic amines) is 1. The number of hydrogen-bond acceptors (Lipinski definition) is 4. The van der Waals surface area contributed by atoms with Crippen molar-refractivity contribution in [1.82, 2.24) is 4.90 Å². The van der Waals surface area contributed by atoms with Gasteiger partial charge in [-0.3, -0.25) is 4.90 Å². The first-order valence-electron chi connectivity index (χ1n) is 5.11. The van der Waals surface area contributed by atoms with E-state index in [1.165, 1.54) is 0 Å². The van der Waals surface area contributed by atoms with Gasteiger partial charge in [-0.25, -0.2) is 9.59 Å². The number of hydrogen-bond donors (Lipinski definition) is 2. The summed E-state index contributed by atoms with van der Waals surface area (Å²) in [6, 6.07) is -0.897. The van der Waals surface area contributed by atoms with Gasteiger partial charge in [0, 0.05) is 6.42 Å². The van der Waals surface area contributed by atoms with Gasteiger partial charge in [-0.2, -0.15) is 0 Å². The number of carbonyl (C=O) groups excluding carboxylic acids is 1. The third-order valence-corrected chi connectivity index (χ3v) is 2.20. The van der Waals surface area contributed by atoms with E-state index in [0.717, 1.165) is 4.90 Å². The van der Waals surface area contributed by atoms with Crippen LogP contribution in [0.4, 0.5) is 4.79 Å². The Labute approximate surface area is 93.8 Å². The van der Waals surface area contributed by atoms with Gasteiger partial charge in [-0.05, 0) is 20.8 Å². The van der Waals surface area contributed by atoms with E-state index >= 15 is 0 Å². The molecular formula is C10H17NO5. The highest BCUT2D eigenvalue weighted by molar-refractivity contribution is 5.81. The summed E-state index contributed by atoms with van der Waals surface area (Å²) in [6.07, 6.45) is -1.91. The van der Waals surface area contributed by atoms with Crippen molar-refractivity contribution < 1.29 is 24.5 Å². The second-order valence-electron chi connectivity index (χ2n) is 4.87. The van der Waals surface area contributed by atoms with Crippen LogP contribution in [0.25, 0.3) is 0 Å². The van der Waals surface area contributed by atoms with Gasteiger partial charge in [0.05, 0.1) is 12.6 Å². The predicted octanol–water partition coefficient (Wildman–Crippen LogP) is 0.441. The average Bonchev–Trinajstić information content (AvgIpc) is 2.44. The number of amides is 1. The third-order valence-electron chi connectivity index (χ3n) is 2.20. The van der Waals surface area contributed by atoms with E-state index < -0.39 is 29.8 Å². The summed E-state index contributed by atoms with van der Waals surface area (Å²) in [7, 11) is 0. The summed E-state index contributed by atoms with van der Waals surface area (Å²) in [6.45, 7) is 5.09. The maximum absolute atomic E-state index is 11.7. The Morgan fingerprint density at radius 3 is 2.38 bits per heavy atom. The Hall–Kier alpha value is -1.30. The maximum atomic E-state index is 11.7. The molecule has 1 aliphatic heterocycles. The average molecular weight is 231 g/mol. The van der Waals surface area contributed by atoms with Crippen molar-refractivity contribution in [1.29, 1.82) is 0 Å². The van der Waals surface area contributed by atoms with Gasteiger partial charge in [0.2, 0.25) is 0 Å². The van der Waals surface area contributed by atoms with Crippen LogP contribution < -0.4 is 0 Å². The predicted molar refractivity (Wildman–Crippen MR) is 55.0 cm³/mol. The molecule has 0 saturated carbocycles. The molecule has 1 aliphatic rings. The number of β-amino-alcohol motifs (C(OH)–C–C–N with tert-alkyl or cyclic N) is 1. The summed E-state index contributed by atoms with van der Waals surface area (Å²) >= 11 is 0. The molecule has 0 unspecified atom stereocenters. The zero-order valence-corrected chi connectivity index (χ0v) is 9.64. The lowest BCUT2D eigenvalue weighted by atomic mass is 10.1. The van der Waals surface area contributed by atoms with Crippen LogP contribution in [0.15, 0.2) is 0 Å². The van der Waals surface area contributed by atoms with E-state index in [2.05, 4.69) is 0 Å². The van der Waals surface area contributed by atoms with E-state index in [1.54, 1.807) is 20.8 Å². The molecule has 16 heavy (non-hydrogen) atoms. The van der Waals surface area contributed by atoms with E-state index in [-0.39, 0.29) is 13.0 Å². The van der Waals surface area contributed by atoms with Gasteiger partial charge in [-0.1, -0.05) is 0 Å². The molecule has 0 spiro atoms. The number of nitrogens with zero attached hydrogens (tertiary/aromatic N) is 1. The topological polar surface area (TPSA) is 87.1 Å². The summed E-state index contributed by atoms with van der Waals surface area (Å²) in [4.78, 5) is 23.4. The number of carbonyl (C=O) groups is 2. The molecule has 1 heterocycles. The Morgan fingerprint density at radius 1 is 1.38 bits per heavy atom. The number of aliphatic hydroxyl groups is 1. The zero-order valence-electron chi connectivity index (χ0n) is 9.64. The molecule has 1 saturated heterocycles. The molecule has 2 atom stereocenters. The van der Waals surface area contributed by atoms with Crippen LogP contribution in [-0.2, 0) is 9.53 Å². The number of carboxylic acid groups (broad SMARTS) is 1. The molecular weight excluding hydrogens is 214 g/mol. The van der Waals surface area contributed by atoms with Crippen molar-refractivity contribution in [3.05, 3.63) is 0 Å². The Kier molecular flexibility index (Phi) is 3.42. The van der Waals surface area contributed by atoms with Crippen molar-refractivity contribution in [2.24, 2.45) is 0 Å². The van der Waals surface area contributed by atoms with Crippen LogP contribution >= 0.6 is 0 Å². The first kappa shape index (κ1) is 12.8. The molecule has 92 valence electrons. The lowest BCUT2D eigenvalue weighted by Crippen LogP contribution is -2.42. The standard InChI is InChI=1S/C10H17NO5/c1-10(2,3)16-8(13)7-4-6(12)5-11(7)9(14)15/h6-7,12H,4-5H2,1-3H3,(H,14,15)/t6-,7-/m0/s1. The Morgan fingerprint density at radius 2 is 1.94 bits per heavy atom. The van der Waals surface area contributed by atoms with Crippen LogP contribution in [0.3, 0.4) is 0 Å². The summed E-state index contributed by atoms with van der Waals surface area (Å²) in [5, 5.41) is 18.2. The van der Waals surface area contributed by atoms with Crippen molar-refractivity contribution in [2.75, 3.05) is 6.54 Å². The fourth-order valence-corrected chi connectivity index (χ4v) is 1.62. The lowest BCUT2D eigenvalue weighted by Gasteiger charge is -2.25. The van der Waals surface area contributed by atoms with Gasteiger partial charge in [-0.15, -0.1) is 0 Å². The molecule has 0 aliphatic carbocycles. The molecule has 1 amide bonds. The SMILES string of the molecule is CC(C)(C)OC(=O)[C@@H]1C[C@H](O)CN1C(=O)O. The van der Waals surface area contributed by atoms with E-state index in [1.807, 2.05) is 0 Å². The highest BCUT2D eigenvalue weighted by Gasteiger charge is 2.41. The Balaban J connectivity index is 2.71. The van der Waals surface area contributed by atoms with Gasteiger partial charge in [0.25, 0.3) is 0 Å². The van der Waals surface area contributed by atoms with Crippen LogP contribution in [-0.4, -0.2) is 51.5 Å². The molecule has 2 N–H and O–H groups in total. The van der Waals surface area contributed by atoms with Crippen LogP contribution in [0.5, 0.6) is 0 Å². The number of aliphatic hydroxyl groups excluding tert-OH is 1. The highest BCUT2D eigenvalue weighted by Crippen LogP contribution is 2.21. The zero-order chi connectivity index (χ0) is 12.5. The molecule has 6 heteroatoms. The second-order valence-corrected chi connectivity index (χ2v) is 4.87. The van der Waals surface area contributed by atoms with Crippen LogP contribution in [0.2, 0.25) is 0 Å². The third kappa shape index (κ3) is 3.10. The van der Waals surface area contributed by atoms with E-state index in [0.29, 0.717) is 0 Å². The first-order valence-corrected chi connectivity index (χ1v) is 5.11. The minimum absolute atomic E-state index is 0.0424. The fraction of sp³-hybridized carbons (Fsp3) is 0.800. The van der Waals surface area contributed by atoms with Crippen LogP contribution in [0.1, 0.15) is 27.2 Å². The van der Waals surface area contributed by atoms with Gasteiger partial charge >= 0.3 is 12.1 Å². The number of esters is 1. The normalized spacial score (nSPS) is 25.6. The monoisotopic (exact) mass is 231 g/mol. The minimum Gasteiger partial charge on any atom is -0.465 e. The van der Waals surface area contributed by atoms with Crippen molar-refractivity contribution in [2.45, 2.75) is 44.9 Å². The second kappa shape index (κ2) is 4.29. The molecule has 6 nitrogen and oxygen atoms in total. The maximum Gasteiger partial charge on any atom is 0.408 e. The summed E-state index contributed by atoms with van der Waals surface area (Å²) in [5.41, 5.74) is -0.658. The van der Waals surface area contributed by atoms with E-state index in [9.17, 15) is 14.7 Å². The van der Waals surface area contributed by atoms with Crippen molar-refractivity contribution in [3.63, 3.8) is 0 Å². The number of ether oxygens (including phenoxy) is 1. The minimum atomic E-state index is -1.22. The van der Waals surface area contributed by atoms with E-state index in [4.69, 9.17) is 9.84 Å². The lowest BCUT2D eigenvalue weighted by molar-refractivity contribution is -0.159. The van der Waals surface area contributed by atoms with Crippen molar-refractivity contribution in [3.8, 4) is 0 Å². The fourth-order valence-electron chi connectivity index (χ4n) is 1.62. The largest absolute Gasteiger partial charge is 0.465 e. The summed E-state index contributed by atoms with van der Waals surface area (Å²) < 4.78 is 5.10. The quantitative estimate of drug-likeness (QED) is 0.639. The molecule has 1 fully saturated rings. The highest BCUT2D eigenvalue weighted by atomic mass is 16.6. The molecule has 0 radical (unpaired) electrons. The van der Waals surface area contributed by atoms with Gasteiger partial charge < -0.3 is 14.9 Å². The summed E-state index contributed by atoms with van der Waals surface area (Å²) in [5.74, 6) is -0.605. The molecule has 1 rings (SSSR count). The van der Waals surface area contributed by atoms with Gasteiger partial charge in [0.15, 0.2) is 0 Å². The molecule has 0 bridgehead atoms. The van der Waals surface area contributed by atoms with Crippen LogP contribution in [0, 0.1) is 0 Å². The Bertz CT molecular complexity index is 296. The molecule has 0 aromatic rings. The smallest absolute Gasteiger partial charge is 0.408 e. The van der Waals surface area contributed by atoms with Crippen molar-refractivity contribution >= 4 is 12.1 Å². The number of rotatable bonds is 1.